The molecule has 0 aliphatic carbocycles. The molecule has 3 N–H and O–H groups in total. The maximum absolute atomic E-state index is 10.6. The molecule has 0 amide bonds. The van der Waals surface area contributed by atoms with E-state index < -0.39 is 5.60 Å². The van der Waals surface area contributed by atoms with Gasteiger partial charge in [-0.25, -0.2) is 4.99 Å². The van der Waals surface area contributed by atoms with Crippen LogP contribution in [0.3, 0.4) is 0 Å². The number of guanidine groups is 1. The highest BCUT2D eigenvalue weighted by molar-refractivity contribution is 5.80. The van der Waals surface area contributed by atoms with Gasteiger partial charge in [0.2, 0.25) is 0 Å². The van der Waals surface area contributed by atoms with E-state index in [1.165, 1.54) is 0 Å². The molecule has 0 saturated carbocycles. The molecule has 1 unspecified atom stereocenters. The van der Waals surface area contributed by atoms with Gasteiger partial charge in [0.15, 0.2) is 5.96 Å². The highest BCUT2D eigenvalue weighted by atomic mass is 16.5. The van der Waals surface area contributed by atoms with Crippen molar-refractivity contribution in [1.82, 2.24) is 15.5 Å². The summed E-state index contributed by atoms with van der Waals surface area (Å²) in [4.78, 5) is 7.06. The quantitative estimate of drug-likeness (QED) is 0.349. The lowest BCUT2D eigenvalue weighted by Crippen LogP contribution is -2.49. The maximum Gasteiger partial charge on any atom is 0.191 e. The number of hydrogen-bond acceptors (Lipinski definition) is 5. The van der Waals surface area contributed by atoms with Gasteiger partial charge in [-0.15, -0.1) is 0 Å². The summed E-state index contributed by atoms with van der Waals surface area (Å²) in [5.74, 6) is 1.28. The first-order chi connectivity index (χ1) is 12.5. The minimum Gasteiger partial charge on any atom is -0.466 e. The summed E-state index contributed by atoms with van der Waals surface area (Å²) in [5.41, 5.74) is -1.11. The maximum atomic E-state index is 10.6. The average Bonchev–Trinajstić information content (AvgIpc) is 3.17. The number of aliphatic hydroxyl groups is 1. The molecule has 7 heteroatoms. The van der Waals surface area contributed by atoms with E-state index in [0.29, 0.717) is 11.8 Å². The molecule has 0 aromatic carbocycles. The Morgan fingerprint density at radius 2 is 2.23 bits per heavy atom. The summed E-state index contributed by atoms with van der Waals surface area (Å²) in [6, 6.07) is 3.95. The number of methoxy groups -OCH3 is 1. The standard InChI is InChI=1S/C19H34N4O3/c1-4-20-18(21-15-19(2,24)17-7-5-14-26-17)22-16-8-11-23(12-9-16)10-6-13-25-3/h5,7,14,16,24H,4,6,8-13,15H2,1-3H3,(H2,20,21,22). The van der Waals surface area contributed by atoms with E-state index in [0.717, 1.165) is 58.0 Å². The van der Waals surface area contributed by atoms with Crippen LogP contribution in [-0.4, -0.2) is 68.4 Å². The third-order valence-corrected chi connectivity index (χ3v) is 4.69. The number of likely N-dealkylation sites (tertiary alicyclic amines) is 1. The molecule has 2 rings (SSSR count). The first kappa shape index (κ1) is 20.7. The predicted octanol–water partition coefficient (Wildman–Crippen LogP) is 1.54. The first-order valence-electron chi connectivity index (χ1n) is 9.57. The zero-order valence-electron chi connectivity index (χ0n) is 16.3. The minimum absolute atomic E-state index is 0.242. The van der Waals surface area contributed by atoms with Gasteiger partial charge in [0.1, 0.15) is 11.4 Å². The number of ether oxygens (including phenoxy) is 1. The number of nitrogens with one attached hydrogen (secondary N) is 2. The number of furan rings is 1. The summed E-state index contributed by atoms with van der Waals surface area (Å²) in [6.07, 6.45) is 4.83. The van der Waals surface area contributed by atoms with Crippen molar-refractivity contribution in [2.45, 2.75) is 44.8 Å². The molecule has 2 heterocycles. The van der Waals surface area contributed by atoms with Gasteiger partial charge >= 0.3 is 0 Å². The average molecular weight is 367 g/mol. The second kappa shape index (κ2) is 10.5. The number of piperidine rings is 1. The molecule has 7 nitrogen and oxygen atoms in total. The van der Waals surface area contributed by atoms with Crippen molar-refractivity contribution < 1.29 is 14.3 Å². The Morgan fingerprint density at radius 3 is 2.85 bits per heavy atom. The van der Waals surface area contributed by atoms with E-state index in [4.69, 9.17) is 9.15 Å². The van der Waals surface area contributed by atoms with Crippen LogP contribution in [0.1, 0.15) is 38.9 Å². The second-order valence-electron chi connectivity index (χ2n) is 7.05. The molecule has 1 aromatic rings. The zero-order chi connectivity index (χ0) is 18.8. The van der Waals surface area contributed by atoms with Gasteiger partial charge < -0.3 is 29.8 Å². The highest BCUT2D eigenvalue weighted by Gasteiger charge is 2.26. The minimum atomic E-state index is -1.11. The first-order valence-corrected chi connectivity index (χ1v) is 9.57. The number of rotatable bonds is 9. The second-order valence-corrected chi connectivity index (χ2v) is 7.05. The van der Waals surface area contributed by atoms with Crippen LogP contribution < -0.4 is 10.6 Å². The molecule has 1 aliphatic rings. The van der Waals surface area contributed by atoms with Crippen LogP contribution in [-0.2, 0) is 10.3 Å². The predicted molar refractivity (Wildman–Crippen MR) is 103 cm³/mol. The van der Waals surface area contributed by atoms with Crippen molar-refractivity contribution in [3.05, 3.63) is 24.2 Å². The third kappa shape index (κ3) is 6.63. The van der Waals surface area contributed by atoms with Gasteiger partial charge in [0.05, 0.1) is 12.8 Å². The van der Waals surface area contributed by atoms with Crippen LogP contribution >= 0.6 is 0 Å². The number of aliphatic imine (C=N–C) groups is 1. The molecule has 148 valence electrons. The molecule has 1 aliphatic heterocycles. The molecule has 1 fully saturated rings. The van der Waals surface area contributed by atoms with Gasteiger partial charge in [-0.3, -0.25) is 0 Å². The summed E-state index contributed by atoms with van der Waals surface area (Å²) < 4.78 is 10.4. The summed E-state index contributed by atoms with van der Waals surface area (Å²) in [6.45, 7) is 8.88. The Balaban J connectivity index is 1.82. The molecule has 0 bridgehead atoms. The SMILES string of the molecule is CCNC(=NCC(C)(O)c1ccco1)NC1CCN(CCCOC)CC1. The lowest BCUT2D eigenvalue weighted by atomic mass is 10.0. The van der Waals surface area contributed by atoms with Crippen molar-refractivity contribution in [2.24, 2.45) is 4.99 Å². The van der Waals surface area contributed by atoms with Gasteiger partial charge in [-0.05, 0) is 45.2 Å². The Morgan fingerprint density at radius 1 is 1.46 bits per heavy atom. The van der Waals surface area contributed by atoms with E-state index in [1.807, 2.05) is 6.92 Å². The number of hydrogen-bond donors (Lipinski definition) is 3. The normalized spacial score (nSPS) is 19.3. The lowest BCUT2D eigenvalue weighted by Gasteiger charge is -2.33. The molecule has 1 saturated heterocycles. The Hall–Kier alpha value is -1.57. The van der Waals surface area contributed by atoms with E-state index in [9.17, 15) is 5.11 Å². The zero-order valence-corrected chi connectivity index (χ0v) is 16.3. The monoisotopic (exact) mass is 366 g/mol. The van der Waals surface area contributed by atoms with Crippen molar-refractivity contribution in [1.29, 1.82) is 0 Å². The summed E-state index contributed by atoms with van der Waals surface area (Å²) in [7, 11) is 1.75. The summed E-state index contributed by atoms with van der Waals surface area (Å²) in [5, 5.41) is 17.3. The smallest absolute Gasteiger partial charge is 0.191 e. The van der Waals surface area contributed by atoms with Gasteiger partial charge in [-0.1, -0.05) is 0 Å². The molecular formula is C19H34N4O3. The number of nitrogens with zero attached hydrogens (tertiary/aromatic N) is 2. The van der Waals surface area contributed by atoms with Crippen molar-refractivity contribution in [3.63, 3.8) is 0 Å². The van der Waals surface area contributed by atoms with Crippen LogP contribution in [0.15, 0.2) is 27.8 Å². The molecule has 1 atom stereocenters. The van der Waals surface area contributed by atoms with Gasteiger partial charge in [0, 0.05) is 45.9 Å². The van der Waals surface area contributed by atoms with Crippen LogP contribution in [0.25, 0.3) is 0 Å². The van der Waals surface area contributed by atoms with Crippen LogP contribution in [0.2, 0.25) is 0 Å². The van der Waals surface area contributed by atoms with Crippen LogP contribution in [0.5, 0.6) is 0 Å². The van der Waals surface area contributed by atoms with E-state index in [1.54, 1.807) is 32.4 Å². The highest BCUT2D eigenvalue weighted by Crippen LogP contribution is 2.21. The van der Waals surface area contributed by atoms with Crippen molar-refractivity contribution in [3.8, 4) is 0 Å². The Bertz CT molecular complexity index is 523. The van der Waals surface area contributed by atoms with Crippen LogP contribution in [0.4, 0.5) is 0 Å². The Labute approximate surface area is 156 Å². The molecule has 1 aromatic heterocycles. The molecular weight excluding hydrogens is 332 g/mol. The lowest BCUT2D eigenvalue weighted by molar-refractivity contribution is 0.0436. The third-order valence-electron chi connectivity index (χ3n) is 4.69. The summed E-state index contributed by atoms with van der Waals surface area (Å²) >= 11 is 0. The van der Waals surface area contributed by atoms with E-state index >= 15 is 0 Å². The fourth-order valence-electron chi connectivity index (χ4n) is 3.14. The van der Waals surface area contributed by atoms with Gasteiger partial charge in [0.25, 0.3) is 0 Å². The fourth-order valence-corrected chi connectivity index (χ4v) is 3.14. The van der Waals surface area contributed by atoms with Crippen LogP contribution in [0, 0.1) is 0 Å². The molecule has 0 radical (unpaired) electrons. The van der Waals surface area contributed by atoms with E-state index in [-0.39, 0.29) is 6.54 Å². The molecule has 26 heavy (non-hydrogen) atoms. The fraction of sp³-hybridized carbons (Fsp3) is 0.737. The van der Waals surface area contributed by atoms with Gasteiger partial charge in [-0.2, -0.15) is 0 Å². The van der Waals surface area contributed by atoms with E-state index in [2.05, 4.69) is 20.5 Å². The van der Waals surface area contributed by atoms with Crippen molar-refractivity contribution in [2.75, 3.05) is 46.4 Å². The Kier molecular flexibility index (Phi) is 8.41. The molecule has 0 spiro atoms. The largest absolute Gasteiger partial charge is 0.466 e. The van der Waals surface area contributed by atoms with Crippen molar-refractivity contribution >= 4 is 5.96 Å². The topological polar surface area (TPSA) is 82.3 Å².